The van der Waals surface area contributed by atoms with Crippen LogP contribution < -0.4 is 9.04 Å². The van der Waals surface area contributed by atoms with Gasteiger partial charge in [-0.25, -0.2) is 8.42 Å². The fourth-order valence-corrected chi connectivity index (χ4v) is 5.30. The molecule has 7 nitrogen and oxygen atoms in total. The number of hydrogen-bond acceptors (Lipinski definition) is 6. The molecule has 0 bridgehead atoms. The molecule has 0 radical (unpaired) electrons. The van der Waals surface area contributed by atoms with Gasteiger partial charge in [-0.3, -0.25) is 4.31 Å². The van der Waals surface area contributed by atoms with Crippen molar-refractivity contribution in [2.75, 3.05) is 30.7 Å². The molecule has 0 spiro atoms. The van der Waals surface area contributed by atoms with E-state index in [2.05, 4.69) is 15.9 Å². The molecular weight excluding hydrogens is 462 g/mol. The number of hydrogen-bond donors (Lipinski definition) is 3. The molecule has 0 unspecified atom stereocenters. The second-order valence-electron chi connectivity index (χ2n) is 7.38. The molecule has 158 valence electrons. The lowest BCUT2D eigenvalue weighted by Gasteiger charge is -2.39. The summed E-state index contributed by atoms with van der Waals surface area (Å²) in [4.78, 5) is 0.168. The van der Waals surface area contributed by atoms with Crippen LogP contribution in [0.5, 0.6) is 5.75 Å². The summed E-state index contributed by atoms with van der Waals surface area (Å²) in [5.74, 6) is 0.378. The van der Waals surface area contributed by atoms with Gasteiger partial charge in [-0.05, 0) is 49.2 Å². The maximum Gasteiger partial charge on any atom is 0.264 e. The topological polar surface area (TPSA) is 107 Å². The minimum absolute atomic E-state index is 0.0124. The zero-order valence-electron chi connectivity index (χ0n) is 16.0. The minimum atomic E-state index is -3.88. The highest BCUT2D eigenvalue weighted by Gasteiger charge is 2.39. The number of aryl methyl sites for hydroxylation is 1. The van der Waals surface area contributed by atoms with Gasteiger partial charge in [-0.2, -0.15) is 0 Å². The van der Waals surface area contributed by atoms with Gasteiger partial charge in [0.1, 0.15) is 11.9 Å². The summed E-state index contributed by atoms with van der Waals surface area (Å²) in [6.07, 6.45) is -0.569. The molecule has 0 fully saturated rings. The summed E-state index contributed by atoms with van der Waals surface area (Å²) < 4.78 is 34.8. The zero-order chi connectivity index (χ0) is 21.2. The van der Waals surface area contributed by atoms with E-state index in [9.17, 15) is 23.7 Å². The molecule has 1 heterocycles. The average molecular weight is 486 g/mol. The fourth-order valence-electron chi connectivity index (χ4n) is 3.35. The van der Waals surface area contributed by atoms with Crippen LogP contribution in [0.4, 0.5) is 5.69 Å². The van der Waals surface area contributed by atoms with E-state index in [1.54, 1.807) is 36.4 Å². The van der Waals surface area contributed by atoms with Crippen molar-refractivity contribution in [1.82, 2.24) is 0 Å². The van der Waals surface area contributed by atoms with E-state index in [4.69, 9.17) is 4.74 Å². The van der Waals surface area contributed by atoms with Crippen LogP contribution in [-0.2, 0) is 10.0 Å². The Morgan fingerprint density at radius 2 is 1.83 bits per heavy atom. The van der Waals surface area contributed by atoms with Gasteiger partial charge in [-0.15, -0.1) is 0 Å². The number of sulfonamides is 1. The summed E-state index contributed by atoms with van der Waals surface area (Å²) in [6, 6.07) is 11.8. The fraction of sp³-hybridized carbons (Fsp3) is 0.400. The van der Waals surface area contributed by atoms with Crippen LogP contribution in [0.2, 0.25) is 0 Å². The Balaban J connectivity index is 2.04. The predicted octanol–water partition coefficient (Wildman–Crippen LogP) is 2.07. The van der Waals surface area contributed by atoms with Crippen LogP contribution in [0, 0.1) is 12.3 Å². The highest BCUT2D eigenvalue weighted by Crippen LogP contribution is 2.40. The van der Waals surface area contributed by atoms with E-state index in [1.807, 2.05) is 13.0 Å². The zero-order valence-corrected chi connectivity index (χ0v) is 18.4. The number of nitrogens with zero attached hydrogens (tertiary/aromatic N) is 1. The largest absolute Gasteiger partial charge is 0.486 e. The van der Waals surface area contributed by atoms with Crippen LogP contribution in [0.3, 0.4) is 0 Å². The van der Waals surface area contributed by atoms with Gasteiger partial charge in [0.15, 0.2) is 0 Å². The number of rotatable bonds is 7. The van der Waals surface area contributed by atoms with Crippen LogP contribution in [0.15, 0.2) is 51.8 Å². The molecule has 9 heteroatoms. The Labute approximate surface area is 178 Å². The smallest absolute Gasteiger partial charge is 0.264 e. The lowest BCUT2D eigenvalue weighted by molar-refractivity contribution is -0.0244. The van der Waals surface area contributed by atoms with Gasteiger partial charge < -0.3 is 20.1 Å². The normalized spacial score (nSPS) is 17.0. The Morgan fingerprint density at radius 3 is 2.45 bits per heavy atom. The van der Waals surface area contributed by atoms with Gasteiger partial charge >= 0.3 is 0 Å². The Hall–Kier alpha value is -1.65. The third kappa shape index (κ3) is 4.44. The number of aliphatic hydroxyl groups excluding tert-OH is 3. The number of anilines is 1. The van der Waals surface area contributed by atoms with Crippen molar-refractivity contribution < 1.29 is 28.5 Å². The van der Waals surface area contributed by atoms with E-state index in [1.165, 1.54) is 4.31 Å². The van der Waals surface area contributed by atoms with Gasteiger partial charge in [0.2, 0.25) is 0 Å². The quantitative estimate of drug-likeness (QED) is 0.553. The summed E-state index contributed by atoms with van der Waals surface area (Å²) in [5, 5.41) is 29.0. The van der Waals surface area contributed by atoms with Crippen molar-refractivity contribution in [2.24, 2.45) is 5.41 Å². The van der Waals surface area contributed by atoms with Crippen LogP contribution in [-0.4, -0.2) is 56.2 Å². The number of benzene rings is 2. The van der Waals surface area contributed by atoms with E-state index < -0.39 is 41.4 Å². The molecule has 2 aromatic carbocycles. The minimum Gasteiger partial charge on any atom is -0.486 e. The Bertz CT molecular complexity index is 968. The van der Waals surface area contributed by atoms with Gasteiger partial charge in [0, 0.05) is 9.89 Å². The molecule has 3 N–H and O–H groups in total. The van der Waals surface area contributed by atoms with E-state index in [0.717, 1.165) is 5.56 Å². The van der Waals surface area contributed by atoms with Crippen molar-refractivity contribution in [3.05, 3.63) is 52.5 Å². The summed E-state index contributed by atoms with van der Waals surface area (Å²) >= 11 is 3.37. The molecule has 1 aliphatic rings. The average Bonchev–Trinajstić information content (AvgIpc) is 2.71. The Kier molecular flexibility index (Phi) is 6.54. The molecule has 3 rings (SSSR count). The molecular formula is C20H24BrNO6S. The number of ether oxygens (including phenoxy) is 1. The molecule has 2 aromatic rings. The third-order valence-electron chi connectivity index (χ3n) is 5.10. The van der Waals surface area contributed by atoms with Crippen LogP contribution >= 0.6 is 15.9 Å². The molecule has 29 heavy (non-hydrogen) atoms. The first-order valence-corrected chi connectivity index (χ1v) is 11.4. The van der Waals surface area contributed by atoms with Crippen molar-refractivity contribution in [3.8, 4) is 5.75 Å². The summed E-state index contributed by atoms with van der Waals surface area (Å²) in [7, 11) is -3.88. The number of fused-ring (bicyclic) bond motifs is 1. The first kappa shape index (κ1) is 22.0. The van der Waals surface area contributed by atoms with Crippen molar-refractivity contribution in [1.29, 1.82) is 0 Å². The standard InChI is InChI=1S/C20H24BrNO6S/c1-14-3-2-4-17(7-14)29(26,27)22-10-16(9-20(11-23,12-24)13-25)28-19-6-5-15(21)8-18(19)22/h2-8,16,23-25H,9-13H2,1H3/t16-/m0/s1. The highest BCUT2D eigenvalue weighted by atomic mass is 79.9. The van der Waals surface area contributed by atoms with Gasteiger partial charge in [0.25, 0.3) is 10.0 Å². The maximum absolute atomic E-state index is 13.4. The first-order valence-electron chi connectivity index (χ1n) is 9.13. The van der Waals surface area contributed by atoms with Gasteiger partial charge in [0.05, 0.1) is 36.9 Å². The molecule has 1 atom stereocenters. The third-order valence-corrected chi connectivity index (χ3v) is 7.37. The molecule has 1 aliphatic heterocycles. The second kappa shape index (κ2) is 8.61. The second-order valence-corrected chi connectivity index (χ2v) is 10.2. The van der Waals surface area contributed by atoms with E-state index in [-0.39, 0.29) is 17.9 Å². The van der Waals surface area contributed by atoms with Gasteiger partial charge in [-0.1, -0.05) is 28.1 Å². The maximum atomic E-state index is 13.4. The predicted molar refractivity (Wildman–Crippen MR) is 113 cm³/mol. The molecule has 0 saturated heterocycles. The lowest BCUT2D eigenvalue weighted by Crippen LogP contribution is -2.48. The summed E-state index contributed by atoms with van der Waals surface area (Å²) in [5.41, 5.74) is 0.0565. The number of halogens is 1. The van der Waals surface area contributed by atoms with Crippen molar-refractivity contribution >= 4 is 31.6 Å². The molecule has 0 aromatic heterocycles. The summed E-state index contributed by atoms with van der Waals surface area (Å²) in [6.45, 7) is 0.471. The van der Waals surface area contributed by atoms with Crippen LogP contribution in [0.1, 0.15) is 12.0 Å². The number of aliphatic hydroxyl groups is 3. The molecule has 0 aliphatic carbocycles. The SMILES string of the molecule is Cc1cccc(S(=O)(=O)N2C[C@H](CC(CO)(CO)CO)Oc3ccc(Br)cc32)c1. The Morgan fingerprint density at radius 1 is 1.14 bits per heavy atom. The van der Waals surface area contributed by atoms with Crippen LogP contribution in [0.25, 0.3) is 0 Å². The lowest BCUT2D eigenvalue weighted by atomic mass is 9.84. The highest BCUT2D eigenvalue weighted by molar-refractivity contribution is 9.10. The monoisotopic (exact) mass is 485 g/mol. The van der Waals surface area contributed by atoms with Crippen molar-refractivity contribution in [2.45, 2.75) is 24.3 Å². The first-order chi connectivity index (χ1) is 13.7. The van der Waals surface area contributed by atoms with Crippen molar-refractivity contribution in [3.63, 3.8) is 0 Å². The van der Waals surface area contributed by atoms with E-state index in [0.29, 0.717) is 15.9 Å². The van der Waals surface area contributed by atoms with E-state index >= 15 is 0 Å². The molecule has 0 saturated carbocycles. The molecule has 0 amide bonds.